The van der Waals surface area contributed by atoms with E-state index in [2.05, 4.69) is 17.4 Å². The molecule has 0 saturated heterocycles. The summed E-state index contributed by atoms with van der Waals surface area (Å²) in [5.74, 6) is 0.436. The lowest BCUT2D eigenvalue weighted by atomic mass is 10.1. The Morgan fingerprint density at radius 1 is 0.833 bits per heavy atom. The summed E-state index contributed by atoms with van der Waals surface area (Å²) in [4.78, 5) is 11.9. The molecule has 24 heavy (non-hydrogen) atoms. The minimum atomic E-state index is -0.218. The maximum absolute atomic E-state index is 11.9. The van der Waals surface area contributed by atoms with Gasteiger partial charge in [0.15, 0.2) is 6.61 Å². The van der Waals surface area contributed by atoms with E-state index in [1.165, 1.54) is 0 Å². The first kappa shape index (κ1) is 16.1. The zero-order valence-electron chi connectivity index (χ0n) is 12.9. The standard InChI is InChI=1S/C20H16ClNO2/c21-17-8-10-18(11-9-17)22-20(23)14-24-19-12-6-16(7-13-19)15-4-2-1-3-5-15/h1-13H,14H2,(H,22,23). The third-order valence-electron chi connectivity index (χ3n) is 3.46. The summed E-state index contributed by atoms with van der Waals surface area (Å²) in [5.41, 5.74) is 2.94. The quantitative estimate of drug-likeness (QED) is 0.709. The number of amides is 1. The second-order valence-corrected chi connectivity index (χ2v) is 5.67. The van der Waals surface area contributed by atoms with E-state index >= 15 is 0 Å². The molecule has 0 aromatic heterocycles. The fourth-order valence-corrected chi connectivity index (χ4v) is 2.38. The van der Waals surface area contributed by atoms with Crippen molar-refractivity contribution in [3.63, 3.8) is 0 Å². The number of anilines is 1. The van der Waals surface area contributed by atoms with Crippen LogP contribution in [0.1, 0.15) is 0 Å². The van der Waals surface area contributed by atoms with Crippen LogP contribution in [-0.4, -0.2) is 12.5 Å². The van der Waals surface area contributed by atoms with Crippen molar-refractivity contribution in [3.05, 3.63) is 83.9 Å². The first-order valence-corrected chi connectivity index (χ1v) is 7.92. The van der Waals surface area contributed by atoms with Crippen molar-refractivity contribution in [1.82, 2.24) is 0 Å². The highest BCUT2D eigenvalue weighted by Gasteiger charge is 2.04. The molecule has 0 aliphatic heterocycles. The molecule has 0 atom stereocenters. The zero-order chi connectivity index (χ0) is 16.8. The van der Waals surface area contributed by atoms with Gasteiger partial charge in [-0.05, 0) is 47.5 Å². The summed E-state index contributed by atoms with van der Waals surface area (Å²) < 4.78 is 5.52. The second kappa shape index (κ2) is 7.66. The highest BCUT2D eigenvalue weighted by molar-refractivity contribution is 6.30. The molecule has 3 aromatic rings. The maximum atomic E-state index is 11.9. The fourth-order valence-electron chi connectivity index (χ4n) is 2.25. The molecule has 1 amide bonds. The summed E-state index contributed by atoms with van der Waals surface area (Å²) in [5, 5.41) is 3.38. The van der Waals surface area contributed by atoms with Gasteiger partial charge < -0.3 is 10.1 Å². The van der Waals surface area contributed by atoms with Crippen molar-refractivity contribution < 1.29 is 9.53 Å². The van der Waals surface area contributed by atoms with Crippen LogP contribution in [0.25, 0.3) is 11.1 Å². The molecule has 0 spiro atoms. The fraction of sp³-hybridized carbons (Fsp3) is 0.0500. The van der Waals surface area contributed by atoms with Gasteiger partial charge in [0.05, 0.1) is 0 Å². The Morgan fingerprint density at radius 2 is 1.46 bits per heavy atom. The van der Waals surface area contributed by atoms with Crippen LogP contribution in [0.3, 0.4) is 0 Å². The number of ether oxygens (including phenoxy) is 1. The van der Waals surface area contributed by atoms with Crippen molar-refractivity contribution in [1.29, 1.82) is 0 Å². The molecule has 3 aromatic carbocycles. The van der Waals surface area contributed by atoms with Crippen LogP contribution in [0.15, 0.2) is 78.9 Å². The average molecular weight is 338 g/mol. The van der Waals surface area contributed by atoms with E-state index in [1.807, 2.05) is 42.5 Å². The predicted molar refractivity (Wildman–Crippen MR) is 97.5 cm³/mol. The largest absolute Gasteiger partial charge is 0.484 e. The Balaban J connectivity index is 1.54. The number of carbonyl (C=O) groups is 1. The molecule has 4 heteroatoms. The van der Waals surface area contributed by atoms with E-state index in [-0.39, 0.29) is 12.5 Å². The van der Waals surface area contributed by atoms with Gasteiger partial charge in [0.25, 0.3) is 5.91 Å². The zero-order valence-corrected chi connectivity index (χ0v) is 13.7. The number of nitrogens with one attached hydrogen (secondary N) is 1. The van der Waals surface area contributed by atoms with Crippen molar-refractivity contribution >= 4 is 23.2 Å². The highest BCUT2D eigenvalue weighted by Crippen LogP contribution is 2.22. The Labute approximate surface area is 145 Å². The van der Waals surface area contributed by atoms with E-state index in [4.69, 9.17) is 16.3 Å². The Bertz CT molecular complexity index is 799. The van der Waals surface area contributed by atoms with E-state index in [0.29, 0.717) is 16.5 Å². The van der Waals surface area contributed by atoms with Crippen LogP contribution in [0, 0.1) is 0 Å². The van der Waals surface area contributed by atoms with Crippen molar-refractivity contribution in [3.8, 4) is 16.9 Å². The van der Waals surface area contributed by atoms with E-state index < -0.39 is 0 Å². The third-order valence-corrected chi connectivity index (χ3v) is 3.71. The molecular weight excluding hydrogens is 322 g/mol. The number of halogens is 1. The third kappa shape index (κ3) is 4.37. The molecule has 1 N–H and O–H groups in total. The first-order chi connectivity index (χ1) is 11.7. The number of carbonyl (C=O) groups excluding carboxylic acids is 1. The first-order valence-electron chi connectivity index (χ1n) is 7.54. The number of benzene rings is 3. The Morgan fingerprint density at radius 3 is 2.12 bits per heavy atom. The van der Waals surface area contributed by atoms with Crippen LogP contribution in [0.4, 0.5) is 5.69 Å². The normalized spacial score (nSPS) is 10.2. The lowest BCUT2D eigenvalue weighted by Crippen LogP contribution is -2.20. The summed E-state index contributed by atoms with van der Waals surface area (Å²) in [6.07, 6.45) is 0. The van der Waals surface area contributed by atoms with Gasteiger partial charge in [0.2, 0.25) is 0 Å². The van der Waals surface area contributed by atoms with Gasteiger partial charge in [0.1, 0.15) is 5.75 Å². The second-order valence-electron chi connectivity index (χ2n) is 5.23. The van der Waals surface area contributed by atoms with Crippen molar-refractivity contribution in [2.24, 2.45) is 0 Å². The van der Waals surface area contributed by atoms with E-state index in [1.54, 1.807) is 24.3 Å². The van der Waals surface area contributed by atoms with Crippen molar-refractivity contribution in [2.75, 3.05) is 11.9 Å². The van der Waals surface area contributed by atoms with Gasteiger partial charge >= 0.3 is 0 Å². The summed E-state index contributed by atoms with van der Waals surface area (Å²) >= 11 is 5.81. The molecule has 0 aliphatic rings. The summed E-state index contributed by atoms with van der Waals surface area (Å²) in [7, 11) is 0. The lowest BCUT2D eigenvalue weighted by Gasteiger charge is -2.08. The number of hydrogen-bond donors (Lipinski definition) is 1. The van der Waals surface area contributed by atoms with Gasteiger partial charge in [-0.25, -0.2) is 0 Å². The molecule has 0 bridgehead atoms. The molecule has 3 rings (SSSR count). The molecular formula is C20H16ClNO2. The van der Waals surface area contributed by atoms with Crippen LogP contribution >= 0.6 is 11.6 Å². The summed E-state index contributed by atoms with van der Waals surface area (Å²) in [6.45, 7) is -0.0483. The van der Waals surface area contributed by atoms with Crippen LogP contribution in [0.2, 0.25) is 5.02 Å². The highest BCUT2D eigenvalue weighted by atomic mass is 35.5. The average Bonchev–Trinajstić information content (AvgIpc) is 2.63. The Hall–Kier alpha value is -2.78. The lowest BCUT2D eigenvalue weighted by molar-refractivity contribution is -0.118. The van der Waals surface area contributed by atoms with Gasteiger partial charge in [-0.2, -0.15) is 0 Å². The van der Waals surface area contributed by atoms with Gasteiger partial charge in [-0.3, -0.25) is 4.79 Å². The smallest absolute Gasteiger partial charge is 0.262 e. The van der Waals surface area contributed by atoms with Crippen LogP contribution in [0.5, 0.6) is 5.75 Å². The summed E-state index contributed by atoms with van der Waals surface area (Å²) in [6, 6.07) is 24.7. The molecule has 0 aliphatic carbocycles. The molecule has 0 saturated carbocycles. The molecule has 0 fully saturated rings. The van der Waals surface area contributed by atoms with Crippen LogP contribution < -0.4 is 10.1 Å². The minimum Gasteiger partial charge on any atom is -0.484 e. The Kier molecular flexibility index (Phi) is 5.14. The SMILES string of the molecule is O=C(COc1ccc(-c2ccccc2)cc1)Nc1ccc(Cl)cc1. The molecule has 0 unspecified atom stereocenters. The molecule has 3 nitrogen and oxygen atoms in total. The monoisotopic (exact) mass is 337 g/mol. The minimum absolute atomic E-state index is 0.0483. The van der Waals surface area contributed by atoms with Gasteiger partial charge in [-0.1, -0.05) is 54.1 Å². The van der Waals surface area contributed by atoms with Crippen molar-refractivity contribution in [2.45, 2.75) is 0 Å². The number of rotatable bonds is 5. The topological polar surface area (TPSA) is 38.3 Å². The molecule has 120 valence electrons. The maximum Gasteiger partial charge on any atom is 0.262 e. The predicted octanol–water partition coefficient (Wildman–Crippen LogP) is 5.02. The molecule has 0 heterocycles. The van der Waals surface area contributed by atoms with Gasteiger partial charge in [0, 0.05) is 10.7 Å². The molecule has 0 radical (unpaired) electrons. The van der Waals surface area contributed by atoms with E-state index in [9.17, 15) is 4.79 Å². The number of hydrogen-bond acceptors (Lipinski definition) is 2. The van der Waals surface area contributed by atoms with E-state index in [0.717, 1.165) is 11.1 Å². The van der Waals surface area contributed by atoms with Crippen LogP contribution in [-0.2, 0) is 4.79 Å². The van der Waals surface area contributed by atoms with Gasteiger partial charge in [-0.15, -0.1) is 0 Å².